The van der Waals surface area contributed by atoms with Gasteiger partial charge in [0.25, 0.3) is 0 Å². The van der Waals surface area contributed by atoms with E-state index in [1.165, 1.54) is 6.07 Å². The lowest BCUT2D eigenvalue weighted by atomic mass is 10.1. The Bertz CT molecular complexity index is 1210. The second kappa shape index (κ2) is 8.67. The van der Waals surface area contributed by atoms with Gasteiger partial charge >= 0.3 is 5.97 Å². The average molecular weight is 469 g/mol. The van der Waals surface area contributed by atoms with Gasteiger partial charge in [-0.15, -0.1) is 0 Å². The molecule has 0 aliphatic carbocycles. The molecule has 3 aromatic carbocycles. The van der Waals surface area contributed by atoms with Crippen molar-refractivity contribution in [2.45, 2.75) is 19.4 Å². The van der Waals surface area contributed by atoms with Crippen molar-refractivity contribution in [2.24, 2.45) is 0 Å². The second-order valence-electron chi connectivity index (χ2n) is 6.83. The standard InChI is InChI=1S/C23H18BrFN2O3/c24-18-12-22(19(25)10-16(18)6-9-23(28)29)27-14-26-20-11-17(7-8-21(20)27)30-13-15-4-2-1-3-5-15/h1-5,7-8,10-12,14H,6,9,13H2,(H,28,29). The van der Waals surface area contributed by atoms with Gasteiger partial charge in [0.05, 0.1) is 16.7 Å². The SMILES string of the molecule is O=C(O)CCc1cc(F)c(-n2cnc3cc(OCc4ccccc4)ccc32)cc1Br. The zero-order valence-electron chi connectivity index (χ0n) is 15.9. The van der Waals surface area contributed by atoms with E-state index in [-0.39, 0.29) is 12.8 Å². The van der Waals surface area contributed by atoms with Crippen LogP contribution in [-0.2, 0) is 17.8 Å². The number of aryl methyl sites for hydroxylation is 1. The predicted molar refractivity (Wildman–Crippen MR) is 115 cm³/mol. The summed E-state index contributed by atoms with van der Waals surface area (Å²) in [5.41, 5.74) is 3.44. The van der Waals surface area contributed by atoms with E-state index in [9.17, 15) is 9.18 Å². The van der Waals surface area contributed by atoms with Crippen LogP contribution in [0.5, 0.6) is 5.75 Å². The number of aromatic nitrogens is 2. The zero-order valence-corrected chi connectivity index (χ0v) is 17.5. The molecule has 0 aliphatic heterocycles. The van der Waals surface area contributed by atoms with Crippen LogP contribution in [0.25, 0.3) is 16.7 Å². The van der Waals surface area contributed by atoms with Crippen LogP contribution < -0.4 is 4.74 Å². The third-order valence-electron chi connectivity index (χ3n) is 4.75. The fourth-order valence-electron chi connectivity index (χ4n) is 3.21. The highest BCUT2D eigenvalue weighted by Gasteiger charge is 2.14. The van der Waals surface area contributed by atoms with Crippen LogP contribution in [0.15, 0.2) is 71.5 Å². The molecule has 1 heterocycles. The summed E-state index contributed by atoms with van der Waals surface area (Å²) >= 11 is 3.42. The Labute approximate surface area is 180 Å². The van der Waals surface area contributed by atoms with Crippen molar-refractivity contribution >= 4 is 32.9 Å². The first-order valence-electron chi connectivity index (χ1n) is 9.35. The number of benzene rings is 3. The molecule has 0 amide bonds. The Morgan fingerprint density at radius 2 is 1.93 bits per heavy atom. The molecule has 4 rings (SSSR count). The second-order valence-corrected chi connectivity index (χ2v) is 7.68. The average Bonchev–Trinajstić information content (AvgIpc) is 3.16. The normalized spacial score (nSPS) is 11.0. The van der Waals surface area contributed by atoms with E-state index in [1.807, 2.05) is 48.5 Å². The Balaban J connectivity index is 1.59. The molecule has 0 saturated heterocycles. The van der Waals surface area contributed by atoms with Gasteiger partial charge in [0.15, 0.2) is 0 Å². The van der Waals surface area contributed by atoms with Crippen LogP contribution in [-0.4, -0.2) is 20.6 Å². The van der Waals surface area contributed by atoms with Crippen molar-refractivity contribution in [3.05, 3.63) is 88.4 Å². The molecule has 152 valence electrons. The molecule has 0 spiro atoms. The molecule has 0 unspecified atom stereocenters. The summed E-state index contributed by atoms with van der Waals surface area (Å²) in [5.74, 6) is -0.679. The molecular formula is C23H18BrFN2O3. The fourth-order valence-corrected chi connectivity index (χ4v) is 3.74. The fraction of sp³-hybridized carbons (Fsp3) is 0.130. The maximum absolute atomic E-state index is 14.8. The van der Waals surface area contributed by atoms with Crippen molar-refractivity contribution in [2.75, 3.05) is 0 Å². The summed E-state index contributed by atoms with van der Waals surface area (Å²) in [6.45, 7) is 0.451. The lowest BCUT2D eigenvalue weighted by Gasteiger charge is -2.11. The number of halogens is 2. The summed E-state index contributed by atoms with van der Waals surface area (Å²) in [5, 5.41) is 8.85. The lowest BCUT2D eigenvalue weighted by molar-refractivity contribution is -0.136. The minimum absolute atomic E-state index is 0.0584. The number of hydrogen-bond acceptors (Lipinski definition) is 3. The molecule has 0 fully saturated rings. The molecule has 0 saturated carbocycles. The quantitative estimate of drug-likeness (QED) is 0.387. The molecule has 1 N–H and O–H groups in total. The highest BCUT2D eigenvalue weighted by Crippen LogP contribution is 2.29. The monoisotopic (exact) mass is 468 g/mol. The van der Waals surface area contributed by atoms with E-state index in [0.29, 0.717) is 33.6 Å². The van der Waals surface area contributed by atoms with Crippen LogP contribution in [0, 0.1) is 5.82 Å². The highest BCUT2D eigenvalue weighted by atomic mass is 79.9. The van der Waals surface area contributed by atoms with Gasteiger partial charge in [-0.1, -0.05) is 46.3 Å². The van der Waals surface area contributed by atoms with E-state index >= 15 is 0 Å². The molecule has 1 aromatic heterocycles. The van der Waals surface area contributed by atoms with Crippen molar-refractivity contribution in [3.63, 3.8) is 0 Å². The van der Waals surface area contributed by atoms with Gasteiger partial charge in [0.2, 0.25) is 0 Å². The van der Waals surface area contributed by atoms with E-state index < -0.39 is 11.8 Å². The molecule has 4 aromatic rings. The first-order valence-corrected chi connectivity index (χ1v) is 10.1. The first kappa shape index (κ1) is 20.1. The lowest BCUT2D eigenvalue weighted by Crippen LogP contribution is -2.02. The van der Waals surface area contributed by atoms with Crippen molar-refractivity contribution in [1.29, 1.82) is 0 Å². The minimum atomic E-state index is -0.919. The summed E-state index contributed by atoms with van der Waals surface area (Å²) in [6, 6.07) is 18.4. The third kappa shape index (κ3) is 4.36. The van der Waals surface area contributed by atoms with E-state index in [0.717, 1.165) is 11.1 Å². The first-order chi connectivity index (χ1) is 14.5. The Morgan fingerprint density at radius 3 is 2.70 bits per heavy atom. The van der Waals surface area contributed by atoms with E-state index in [2.05, 4.69) is 20.9 Å². The summed E-state index contributed by atoms with van der Waals surface area (Å²) < 4.78 is 23.0. The smallest absolute Gasteiger partial charge is 0.303 e. The Morgan fingerprint density at radius 1 is 1.13 bits per heavy atom. The summed E-state index contributed by atoms with van der Waals surface area (Å²) in [4.78, 5) is 15.2. The number of fused-ring (bicyclic) bond motifs is 1. The van der Waals surface area contributed by atoms with Crippen molar-refractivity contribution < 1.29 is 19.0 Å². The van der Waals surface area contributed by atoms with Gasteiger partial charge in [-0.05, 0) is 41.8 Å². The van der Waals surface area contributed by atoms with Gasteiger partial charge in [-0.25, -0.2) is 9.37 Å². The number of carboxylic acid groups (broad SMARTS) is 1. The molecule has 7 heteroatoms. The summed E-state index contributed by atoms with van der Waals surface area (Å²) in [6.07, 6.45) is 1.75. The molecule has 30 heavy (non-hydrogen) atoms. The highest BCUT2D eigenvalue weighted by molar-refractivity contribution is 9.10. The van der Waals surface area contributed by atoms with Gasteiger partial charge in [0.1, 0.15) is 24.5 Å². The maximum atomic E-state index is 14.8. The number of ether oxygens (including phenoxy) is 1. The van der Waals surface area contributed by atoms with Crippen LogP contribution >= 0.6 is 15.9 Å². The Kier molecular flexibility index (Phi) is 5.81. The molecular weight excluding hydrogens is 451 g/mol. The van der Waals surface area contributed by atoms with Gasteiger partial charge in [-0.2, -0.15) is 0 Å². The number of nitrogens with zero attached hydrogens (tertiary/aromatic N) is 2. The van der Waals surface area contributed by atoms with Crippen LogP contribution in [0.2, 0.25) is 0 Å². The summed E-state index contributed by atoms with van der Waals surface area (Å²) in [7, 11) is 0. The van der Waals surface area contributed by atoms with Gasteiger partial charge in [0, 0.05) is 17.0 Å². The number of carboxylic acids is 1. The van der Waals surface area contributed by atoms with E-state index in [1.54, 1.807) is 17.0 Å². The maximum Gasteiger partial charge on any atom is 0.303 e. The molecule has 0 radical (unpaired) electrons. The number of imidazole rings is 1. The number of rotatable bonds is 7. The molecule has 0 atom stereocenters. The van der Waals surface area contributed by atoms with Crippen LogP contribution in [0.4, 0.5) is 4.39 Å². The third-order valence-corrected chi connectivity index (χ3v) is 5.49. The van der Waals surface area contributed by atoms with Gasteiger partial charge in [-0.3, -0.25) is 9.36 Å². The van der Waals surface area contributed by atoms with Crippen LogP contribution in [0.3, 0.4) is 0 Å². The van der Waals surface area contributed by atoms with Crippen molar-refractivity contribution in [1.82, 2.24) is 9.55 Å². The van der Waals surface area contributed by atoms with E-state index in [4.69, 9.17) is 9.84 Å². The number of carbonyl (C=O) groups is 1. The van der Waals surface area contributed by atoms with Gasteiger partial charge < -0.3 is 9.84 Å². The minimum Gasteiger partial charge on any atom is -0.489 e. The largest absolute Gasteiger partial charge is 0.489 e. The molecule has 0 aliphatic rings. The topological polar surface area (TPSA) is 64.3 Å². The molecule has 0 bridgehead atoms. The number of aliphatic carboxylic acids is 1. The predicted octanol–water partition coefficient (Wildman–Crippen LogP) is 5.52. The van der Waals surface area contributed by atoms with Crippen molar-refractivity contribution in [3.8, 4) is 11.4 Å². The van der Waals surface area contributed by atoms with Crippen LogP contribution in [0.1, 0.15) is 17.5 Å². The molecule has 5 nitrogen and oxygen atoms in total. The Hall–Kier alpha value is -3.19. The number of hydrogen-bond donors (Lipinski definition) is 1. The zero-order chi connectivity index (χ0) is 21.1.